The molecule has 7 heteroatoms. The normalized spacial score (nSPS) is 12.4. The average Bonchev–Trinajstić information content (AvgIpc) is 3.50. The van der Waals surface area contributed by atoms with Crippen LogP contribution in [0.2, 0.25) is 0 Å². The third-order valence-electron chi connectivity index (χ3n) is 4.88. The molecule has 31 heavy (non-hydrogen) atoms. The number of nitrogens with zero attached hydrogens (tertiary/aromatic N) is 5. The topological polar surface area (TPSA) is 60.6 Å². The zero-order chi connectivity index (χ0) is 21.2. The van der Waals surface area contributed by atoms with Crippen LogP contribution in [0.5, 0.6) is 0 Å². The van der Waals surface area contributed by atoms with Crippen LogP contribution in [-0.4, -0.2) is 27.2 Å². The summed E-state index contributed by atoms with van der Waals surface area (Å²) in [6, 6.07) is 20.0. The summed E-state index contributed by atoms with van der Waals surface area (Å²) in [5, 5.41) is 12.6. The SMILES string of the molecule is CCN=c1scc(C)n1N=Cc1cn(-c2ccccc2)nc1-c1cc2ccccc2o1. The molecule has 0 amide bonds. The second kappa shape index (κ2) is 8.20. The minimum atomic E-state index is 0.711. The molecule has 5 rings (SSSR count). The third kappa shape index (κ3) is 3.75. The van der Waals surface area contributed by atoms with Crippen molar-refractivity contribution < 1.29 is 4.42 Å². The summed E-state index contributed by atoms with van der Waals surface area (Å²) in [6.45, 7) is 4.76. The molecular formula is C24H21N5OS. The van der Waals surface area contributed by atoms with E-state index in [0.29, 0.717) is 12.3 Å². The standard InChI is InChI=1S/C24H21N5OS/c1-3-25-24-29(17(2)16-31-24)26-14-19-15-28(20-10-5-4-6-11-20)27-23(19)22-13-18-9-7-8-12-21(18)30-22/h4-16H,3H2,1-2H3. The predicted molar refractivity (Wildman–Crippen MR) is 125 cm³/mol. The van der Waals surface area contributed by atoms with E-state index in [1.807, 2.05) is 96.3 Å². The molecule has 0 unspecified atom stereocenters. The molecule has 0 bridgehead atoms. The van der Waals surface area contributed by atoms with Gasteiger partial charge in [-0.3, -0.25) is 4.99 Å². The second-order valence-corrected chi connectivity index (χ2v) is 7.89. The Kier molecular flexibility index (Phi) is 5.09. The molecule has 154 valence electrons. The highest BCUT2D eigenvalue weighted by atomic mass is 32.1. The Morgan fingerprint density at radius 3 is 2.71 bits per heavy atom. The molecule has 0 spiro atoms. The van der Waals surface area contributed by atoms with Gasteiger partial charge in [0.1, 0.15) is 11.3 Å². The monoisotopic (exact) mass is 427 g/mol. The number of fused-ring (bicyclic) bond motifs is 1. The first-order chi connectivity index (χ1) is 15.2. The first kappa shape index (κ1) is 19.3. The number of thiazole rings is 1. The minimum absolute atomic E-state index is 0.711. The van der Waals surface area contributed by atoms with Crippen molar-refractivity contribution in [1.82, 2.24) is 14.5 Å². The first-order valence-electron chi connectivity index (χ1n) is 10.1. The smallest absolute Gasteiger partial charge is 0.205 e. The lowest BCUT2D eigenvalue weighted by Crippen LogP contribution is -2.12. The van der Waals surface area contributed by atoms with E-state index in [-0.39, 0.29) is 0 Å². The van der Waals surface area contributed by atoms with Crippen molar-refractivity contribution in [2.45, 2.75) is 13.8 Å². The van der Waals surface area contributed by atoms with Gasteiger partial charge in [-0.15, -0.1) is 11.3 Å². The Hall–Kier alpha value is -3.71. The van der Waals surface area contributed by atoms with E-state index in [1.165, 1.54) is 0 Å². The van der Waals surface area contributed by atoms with Crippen molar-refractivity contribution in [2.75, 3.05) is 6.54 Å². The zero-order valence-corrected chi connectivity index (χ0v) is 18.1. The van der Waals surface area contributed by atoms with Gasteiger partial charge < -0.3 is 4.42 Å². The molecule has 0 saturated carbocycles. The van der Waals surface area contributed by atoms with Crippen molar-refractivity contribution in [3.05, 3.63) is 88.3 Å². The Balaban J connectivity index is 1.64. The maximum absolute atomic E-state index is 6.11. The Morgan fingerprint density at radius 2 is 1.90 bits per heavy atom. The van der Waals surface area contributed by atoms with Crippen molar-refractivity contribution in [3.8, 4) is 17.1 Å². The van der Waals surface area contributed by atoms with Gasteiger partial charge in [-0.1, -0.05) is 36.4 Å². The number of hydrogen-bond donors (Lipinski definition) is 0. The summed E-state index contributed by atoms with van der Waals surface area (Å²) in [6.07, 6.45) is 3.80. The van der Waals surface area contributed by atoms with Crippen LogP contribution >= 0.6 is 11.3 Å². The van der Waals surface area contributed by atoms with Gasteiger partial charge in [-0.25, -0.2) is 9.36 Å². The van der Waals surface area contributed by atoms with E-state index in [0.717, 1.165) is 38.4 Å². The van der Waals surface area contributed by atoms with Gasteiger partial charge in [0.2, 0.25) is 4.80 Å². The van der Waals surface area contributed by atoms with Gasteiger partial charge in [0, 0.05) is 29.1 Å². The van der Waals surface area contributed by atoms with Gasteiger partial charge in [0.05, 0.1) is 17.6 Å². The molecule has 0 radical (unpaired) electrons. The van der Waals surface area contributed by atoms with Crippen LogP contribution in [0.25, 0.3) is 28.1 Å². The van der Waals surface area contributed by atoms with E-state index >= 15 is 0 Å². The predicted octanol–water partition coefficient (Wildman–Crippen LogP) is 5.26. The van der Waals surface area contributed by atoms with Crippen LogP contribution in [0, 0.1) is 6.92 Å². The molecule has 0 N–H and O–H groups in total. The van der Waals surface area contributed by atoms with E-state index in [4.69, 9.17) is 14.6 Å². The lowest BCUT2D eigenvalue weighted by Gasteiger charge is -1.98. The van der Waals surface area contributed by atoms with E-state index in [1.54, 1.807) is 11.3 Å². The molecule has 0 aliphatic heterocycles. The number of hydrogen-bond acceptors (Lipinski definition) is 5. The summed E-state index contributed by atoms with van der Waals surface area (Å²) in [4.78, 5) is 5.40. The van der Waals surface area contributed by atoms with Crippen LogP contribution in [-0.2, 0) is 0 Å². The molecule has 0 aliphatic carbocycles. The lowest BCUT2D eigenvalue weighted by molar-refractivity contribution is 0.627. The Morgan fingerprint density at radius 1 is 1.10 bits per heavy atom. The fourth-order valence-corrected chi connectivity index (χ4v) is 4.24. The van der Waals surface area contributed by atoms with Gasteiger partial charge in [-0.05, 0) is 38.1 Å². The molecule has 0 atom stereocenters. The molecular weight excluding hydrogens is 406 g/mol. The molecule has 0 fully saturated rings. The summed E-state index contributed by atoms with van der Waals surface area (Å²) >= 11 is 1.58. The first-order valence-corrected chi connectivity index (χ1v) is 11.0. The fourth-order valence-electron chi connectivity index (χ4n) is 3.37. The summed E-state index contributed by atoms with van der Waals surface area (Å²) in [7, 11) is 0. The van der Waals surface area contributed by atoms with Gasteiger partial charge >= 0.3 is 0 Å². The molecule has 2 aromatic carbocycles. The molecule has 5 aromatic rings. The fraction of sp³-hybridized carbons (Fsp3) is 0.125. The largest absolute Gasteiger partial charge is 0.454 e. The maximum Gasteiger partial charge on any atom is 0.205 e. The second-order valence-electron chi connectivity index (χ2n) is 7.05. The summed E-state index contributed by atoms with van der Waals surface area (Å²) in [5.41, 5.74) is 4.45. The highest BCUT2D eigenvalue weighted by molar-refractivity contribution is 7.07. The van der Waals surface area contributed by atoms with Crippen molar-refractivity contribution in [2.24, 2.45) is 10.1 Å². The molecule has 0 aliphatic rings. The van der Waals surface area contributed by atoms with E-state index in [9.17, 15) is 0 Å². The average molecular weight is 428 g/mol. The van der Waals surface area contributed by atoms with Gasteiger partial charge in [0.25, 0.3) is 0 Å². The van der Waals surface area contributed by atoms with Crippen LogP contribution in [0.1, 0.15) is 18.2 Å². The molecule has 0 saturated heterocycles. The molecule has 3 aromatic heterocycles. The minimum Gasteiger partial charge on any atom is -0.454 e. The van der Waals surface area contributed by atoms with Gasteiger partial charge in [-0.2, -0.15) is 10.2 Å². The van der Waals surface area contributed by atoms with Crippen LogP contribution < -0.4 is 4.80 Å². The number of rotatable bonds is 5. The van der Waals surface area contributed by atoms with E-state index in [2.05, 4.69) is 10.4 Å². The number of furan rings is 1. The number of aryl methyl sites for hydroxylation is 1. The van der Waals surface area contributed by atoms with Gasteiger partial charge in [0.15, 0.2) is 5.76 Å². The third-order valence-corrected chi connectivity index (χ3v) is 5.85. The summed E-state index contributed by atoms with van der Waals surface area (Å²) < 4.78 is 9.82. The number of para-hydroxylation sites is 2. The Labute approximate surface area is 183 Å². The van der Waals surface area contributed by atoms with Crippen molar-refractivity contribution in [3.63, 3.8) is 0 Å². The van der Waals surface area contributed by atoms with Crippen LogP contribution in [0.15, 0.2) is 86.8 Å². The summed E-state index contributed by atoms with van der Waals surface area (Å²) in [5.74, 6) is 0.711. The maximum atomic E-state index is 6.11. The Bertz CT molecular complexity index is 1400. The molecule has 3 heterocycles. The van der Waals surface area contributed by atoms with E-state index < -0.39 is 0 Å². The quantitative estimate of drug-likeness (QED) is 0.359. The number of benzene rings is 2. The zero-order valence-electron chi connectivity index (χ0n) is 17.3. The lowest BCUT2D eigenvalue weighted by atomic mass is 10.2. The van der Waals surface area contributed by atoms with Crippen molar-refractivity contribution >= 4 is 28.5 Å². The highest BCUT2D eigenvalue weighted by Gasteiger charge is 2.15. The highest BCUT2D eigenvalue weighted by Crippen LogP contribution is 2.29. The molecule has 6 nitrogen and oxygen atoms in total. The van der Waals surface area contributed by atoms with Crippen LogP contribution in [0.3, 0.4) is 0 Å². The van der Waals surface area contributed by atoms with Crippen molar-refractivity contribution in [1.29, 1.82) is 0 Å². The number of aromatic nitrogens is 3. The van der Waals surface area contributed by atoms with Crippen LogP contribution in [0.4, 0.5) is 0 Å².